The number of carbonyl (C=O) groups is 1. The summed E-state index contributed by atoms with van der Waals surface area (Å²) in [5, 5.41) is 2.90. The number of nitrogens with one attached hydrogen (secondary N) is 1. The molecule has 1 aromatic carbocycles. The number of amides is 1. The van der Waals surface area contributed by atoms with Crippen molar-refractivity contribution in [2.45, 2.75) is 25.7 Å². The number of anilines is 1. The van der Waals surface area contributed by atoms with E-state index in [0.717, 1.165) is 22.7 Å². The molecule has 0 atom stereocenters. The fourth-order valence-electron chi connectivity index (χ4n) is 1.35. The van der Waals surface area contributed by atoms with Crippen molar-refractivity contribution in [3.05, 3.63) is 23.8 Å². The van der Waals surface area contributed by atoms with Gasteiger partial charge in [-0.1, -0.05) is 13.8 Å². The fraction of sp³-hybridized carbons (Fsp3) is 0.462. The summed E-state index contributed by atoms with van der Waals surface area (Å²) in [5.41, 5.74) is 7.55. The molecule has 0 bridgehead atoms. The maximum Gasteiger partial charge on any atom is 0.230 e. The molecule has 0 aliphatic heterocycles. The molecule has 94 valence electrons. The Morgan fingerprint density at radius 1 is 1.47 bits per heavy atom. The summed E-state index contributed by atoms with van der Waals surface area (Å²) in [7, 11) is 0. The molecule has 0 saturated heterocycles. The predicted molar refractivity (Wildman–Crippen MR) is 74.2 cm³/mol. The molecular formula is C13H20N2OS. The second-order valence-corrected chi connectivity index (χ2v) is 5.53. The predicted octanol–water partition coefficient (Wildman–Crippen LogP) is 2.44. The van der Waals surface area contributed by atoms with Gasteiger partial charge in [0, 0.05) is 17.1 Å². The van der Waals surface area contributed by atoms with Crippen molar-refractivity contribution >= 4 is 23.4 Å². The summed E-state index contributed by atoms with van der Waals surface area (Å²) < 4.78 is 0. The van der Waals surface area contributed by atoms with Gasteiger partial charge >= 0.3 is 0 Å². The van der Waals surface area contributed by atoms with Crippen LogP contribution in [0.15, 0.2) is 23.1 Å². The molecule has 1 rings (SSSR count). The number of hydrogen-bond acceptors (Lipinski definition) is 3. The van der Waals surface area contributed by atoms with Crippen molar-refractivity contribution in [3.63, 3.8) is 0 Å². The molecule has 0 fully saturated rings. The highest BCUT2D eigenvalue weighted by atomic mass is 32.2. The Morgan fingerprint density at radius 3 is 2.76 bits per heavy atom. The van der Waals surface area contributed by atoms with Crippen LogP contribution in [0.1, 0.15) is 19.4 Å². The molecule has 4 heteroatoms. The van der Waals surface area contributed by atoms with E-state index in [9.17, 15) is 4.79 Å². The third-order valence-electron chi connectivity index (χ3n) is 2.27. The summed E-state index contributed by atoms with van der Waals surface area (Å²) in [5.74, 6) is 1.03. The van der Waals surface area contributed by atoms with Crippen LogP contribution in [0.5, 0.6) is 0 Å². The number of nitrogen functional groups attached to an aromatic ring is 1. The van der Waals surface area contributed by atoms with E-state index in [0.29, 0.717) is 11.7 Å². The van der Waals surface area contributed by atoms with E-state index in [1.165, 1.54) is 0 Å². The maximum absolute atomic E-state index is 11.5. The van der Waals surface area contributed by atoms with Gasteiger partial charge < -0.3 is 11.1 Å². The Morgan fingerprint density at radius 2 is 2.18 bits per heavy atom. The molecule has 0 aliphatic rings. The highest BCUT2D eigenvalue weighted by Crippen LogP contribution is 2.23. The van der Waals surface area contributed by atoms with Crippen LogP contribution in [-0.4, -0.2) is 18.2 Å². The molecule has 0 heterocycles. The first-order valence-electron chi connectivity index (χ1n) is 5.74. The molecule has 1 aromatic rings. The smallest absolute Gasteiger partial charge is 0.230 e. The lowest BCUT2D eigenvalue weighted by Gasteiger charge is -2.08. The fourth-order valence-corrected chi connectivity index (χ4v) is 2.19. The van der Waals surface area contributed by atoms with E-state index in [4.69, 9.17) is 5.73 Å². The van der Waals surface area contributed by atoms with Crippen LogP contribution in [0.3, 0.4) is 0 Å². The van der Waals surface area contributed by atoms with Crippen LogP contribution < -0.4 is 11.1 Å². The van der Waals surface area contributed by atoms with Crippen LogP contribution in [0.4, 0.5) is 5.69 Å². The normalized spacial score (nSPS) is 10.6. The van der Waals surface area contributed by atoms with E-state index in [1.54, 1.807) is 11.8 Å². The maximum atomic E-state index is 11.5. The van der Waals surface area contributed by atoms with Crippen molar-refractivity contribution in [2.24, 2.45) is 5.92 Å². The van der Waals surface area contributed by atoms with Gasteiger partial charge in [0.1, 0.15) is 0 Å². The molecule has 0 spiro atoms. The summed E-state index contributed by atoms with van der Waals surface area (Å²) in [6, 6.07) is 5.75. The molecule has 0 unspecified atom stereocenters. The number of benzene rings is 1. The standard InChI is InChI=1S/C13H20N2OS/c1-9(2)7-15-13(16)8-17-12-5-4-11(14)6-10(12)3/h4-6,9H,7-8,14H2,1-3H3,(H,15,16). The summed E-state index contributed by atoms with van der Waals surface area (Å²) in [6.07, 6.45) is 0. The first-order valence-corrected chi connectivity index (χ1v) is 6.73. The largest absolute Gasteiger partial charge is 0.399 e. The Balaban J connectivity index is 2.42. The van der Waals surface area contributed by atoms with Gasteiger partial charge in [0.05, 0.1) is 5.75 Å². The minimum Gasteiger partial charge on any atom is -0.399 e. The topological polar surface area (TPSA) is 55.1 Å². The highest BCUT2D eigenvalue weighted by Gasteiger charge is 2.05. The Bertz CT molecular complexity index is 391. The Labute approximate surface area is 107 Å². The number of thioether (sulfide) groups is 1. The second-order valence-electron chi connectivity index (χ2n) is 4.51. The molecule has 1 amide bonds. The molecule has 3 N–H and O–H groups in total. The first-order chi connectivity index (χ1) is 7.99. The van der Waals surface area contributed by atoms with Gasteiger partial charge in [-0.05, 0) is 36.6 Å². The number of carbonyl (C=O) groups excluding carboxylic acids is 1. The highest BCUT2D eigenvalue weighted by molar-refractivity contribution is 8.00. The summed E-state index contributed by atoms with van der Waals surface area (Å²) in [6.45, 7) is 6.90. The number of rotatable bonds is 5. The number of nitrogens with two attached hydrogens (primary N) is 1. The van der Waals surface area contributed by atoms with Gasteiger partial charge in [0.2, 0.25) is 5.91 Å². The van der Waals surface area contributed by atoms with Crippen LogP contribution in [0, 0.1) is 12.8 Å². The Hall–Kier alpha value is -1.16. The average molecular weight is 252 g/mol. The Kier molecular flexibility index (Phi) is 5.35. The zero-order valence-electron chi connectivity index (χ0n) is 10.6. The SMILES string of the molecule is Cc1cc(N)ccc1SCC(=O)NCC(C)C. The zero-order chi connectivity index (χ0) is 12.8. The minimum absolute atomic E-state index is 0.0833. The van der Waals surface area contributed by atoms with Gasteiger partial charge in [0.25, 0.3) is 0 Å². The molecule has 0 radical (unpaired) electrons. The average Bonchev–Trinajstić information content (AvgIpc) is 2.25. The van der Waals surface area contributed by atoms with E-state index < -0.39 is 0 Å². The van der Waals surface area contributed by atoms with Gasteiger partial charge in [-0.2, -0.15) is 0 Å². The van der Waals surface area contributed by atoms with Crippen molar-refractivity contribution < 1.29 is 4.79 Å². The first kappa shape index (κ1) is 13.9. The molecule has 0 aliphatic carbocycles. The van der Waals surface area contributed by atoms with Crippen LogP contribution in [0.25, 0.3) is 0 Å². The van der Waals surface area contributed by atoms with Gasteiger partial charge in [-0.25, -0.2) is 0 Å². The van der Waals surface area contributed by atoms with E-state index >= 15 is 0 Å². The molecule has 0 saturated carbocycles. The lowest BCUT2D eigenvalue weighted by atomic mass is 10.2. The third-order valence-corrected chi connectivity index (χ3v) is 3.44. The van der Waals surface area contributed by atoms with Crippen LogP contribution in [0.2, 0.25) is 0 Å². The van der Waals surface area contributed by atoms with Crippen LogP contribution in [-0.2, 0) is 4.79 Å². The second kappa shape index (κ2) is 6.55. The molecule has 3 nitrogen and oxygen atoms in total. The van der Waals surface area contributed by atoms with Gasteiger partial charge in [0.15, 0.2) is 0 Å². The quantitative estimate of drug-likeness (QED) is 0.625. The molecular weight excluding hydrogens is 232 g/mol. The summed E-state index contributed by atoms with van der Waals surface area (Å²) in [4.78, 5) is 12.7. The zero-order valence-corrected chi connectivity index (χ0v) is 11.4. The van der Waals surface area contributed by atoms with Crippen molar-refractivity contribution in [1.29, 1.82) is 0 Å². The van der Waals surface area contributed by atoms with Gasteiger partial charge in [-0.3, -0.25) is 4.79 Å². The van der Waals surface area contributed by atoms with E-state index in [1.807, 2.05) is 25.1 Å². The monoisotopic (exact) mass is 252 g/mol. The van der Waals surface area contributed by atoms with Crippen molar-refractivity contribution in [1.82, 2.24) is 5.32 Å². The molecule has 17 heavy (non-hydrogen) atoms. The van der Waals surface area contributed by atoms with E-state index in [-0.39, 0.29) is 5.91 Å². The summed E-state index contributed by atoms with van der Waals surface area (Å²) >= 11 is 1.55. The van der Waals surface area contributed by atoms with Crippen molar-refractivity contribution in [3.8, 4) is 0 Å². The van der Waals surface area contributed by atoms with Crippen molar-refractivity contribution in [2.75, 3.05) is 18.0 Å². The lowest BCUT2D eigenvalue weighted by molar-refractivity contribution is -0.118. The lowest BCUT2D eigenvalue weighted by Crippen LogP contribution is -2.28. The van der Waals surface area contributed by atoms with Crippen LogP contribution >= 0.6 is 11.8 Å². The minimum atomic E-state index is 0.0833. The van der Waals surface area contributed by atoms with E-state index in [2.05, 4.69) is 19.2 Å². The third kappa shape index (κ3) is 5.13. The number of hydrogen-bond donors (Lipinski definition) is 2. The van der Waals surface area contributed by atoms with Gasteiger partial charge in [-0.15, -0.1) is 11.8 Å². The molecule has 0 aromatic heterocycles. The number of aryl methyl sites for hydroxylation is 1.